The van der Waals surface area contributed by atoms with Crippen LogP contribution >= 0.6 is 0 Å². The third kappa shape index (κ3) is 3.40. The van der Waals surface area contributed by atoms with Gasteiger partial charge in [0, 0.05) is 12.1 Å². The molecule has 0 atom stereocenters. The number of fused-ring (bicyclic) bond motifs is 1. The fourth-order valence-corrected chi connectivity index (χ4v) is 2.60. The minimum atomic E-state index is -0.423. The SMILES string of the molecule is CCN=C1NC(C(=O)OCC)=Cc2c(C)nn(-c3ccccc3)c2N1. The summed E-state index contributed by atoms with van der Waals surface area (Å²) < 4.78 is 6.94. The molecule has 1 aliphatic heterocycles. The van der Waals surface area contributed by atoms with Crippen molar-refractivity contribution in [2.24, 2.45) is 4.99 Å². The fraction of sp³-hybridized carbons (Fsp3) is 0.278. The van der Waals surface area contributed by atoms with Gasteiger partial charge in [0.15, 0.2) is 0 Å². The summed E-state index contributed by atoms with van der Waals surface area (Å²) in [6.07, 6.45) is 1.75. The number of nitrogens with one attached hydrogen (secondary N) is 2. The molecular weight excluding hydrogens is 318 g/mol. The number of aliphatic imine (C=N–C) groups is 1. The molecule has 0 saturated heterocycles. The van der Waals surface area contributed by atoms with E-state index in [1.165, 1.54) is 0 Å². The third-order valence-electron chi connectivity index (χ3n) is 3.70. The quantitative estimate of drug-likeness (QED) is 0.837. The predicted molar refractivity (Wildman–Crippen MR) is 97.6 cm³/mol. The van der Waals surface area contributed by atoms with Crippen LogP contribution in [0.25, 0.3) is 11.8 Å². The molecular formula is C18H21N5O2. The first-order valence-electron chi connectivity index (χ1n) is 8.26. The molecule has 7 nitrogen and oxygen atoms in total. The Kier molecular flexibility index (Phi) is 4.83. The Morgan fingerprint density at radius 2 is 2.00 bits per heavy atom. The van der Waals surface area contributed by atoms with Crippen LogP contribution in [0.4, 0.5) is 5.82 Å². The summed E-state index contributed by atoms with van der Waals surface area (Å²) in [6, 6.07) is 9.80. The maximum atomic E-state index is 12.2. The van der Waals surface area contributed by atoms with E-state index in [2.05, 4.69) is 20.7 Å². The third-order valence-corrected chi connectivity index (χ3v) is 3.70. The number of rotatable bonds is 4. The number of benzene rings is 1. The highest BCUT2D eigenvalue weighted by Crippen LogP contribution is 2.27. The molecule has 1 aromatic heterocycles. The van der Waals surface area contributed by atoms with E-state index in [-0.39, 0.29) is 0 Å². The van der Waals surface area contributed by atoms with E-state index in [0.29, 0.717) is 24.8 Å². The maximum absolute atomic E-state index is 12.2. The van der Waals surface area contributed by atoms with Gasteiger partial charge in [-0.05, 0) is 39.0 Å². The highest BCUT2D eigenvalue weighted by atomic mass is 16.5. The van der Waals surface area contributed by atoms with Crippen LogP contribution in [0, 0.1) is 6.92 Å². The predicted octanol–water partition coefficient (Wildman–Crippen LogP) is 2.48. The van der Waals surface area contributed by atoms with Gasteiger partial charge in [-0.2, -0.15) is 5.10 Å². The Balaban J connectivity index is 2.14. The molecule has 0 radical (unpaired) electrons. The Bertz CT molecular complexity index is 837. The Hall–Kier alpha value is -3.09. The summed E-state index contributed by atoms with van der Waals surface area (Å²) in [5.41, 5.74) is 2.87. The minimum absolute atomic E-state index is 0.306. The van der Waals surface area contributed by atoms with E-state index < -0.39 is 5.97 Å². The first-order valence-corrected chi connectivity index (χ1v) is 8.26. The second kappa shape index (κ2) is 7.21. The van der Waals surface area contributed by atoms with Crippen LogP contribution in [0.15, 0.2) is 41.0 Å². The normalized spacial score (nSPS) is 14.8. The molecule has 0 unspecified atom stereocenters. The molecule has 1 aliphatic rings. The van der Waals surface area contributed by atoms with Gasteiger partial charge >= 0.3 is 5.97 Å². The number of esters is 1. The van der Waals surface area contributed by atoms with Crippen molar-refractivity contribution in [3.8, 4) is 5.69 Å². The second-order valence-corrected chi connectivity index (χ2v) is 5.45. The van der Waals surface area contributed by atoms with E-state index >= 15 is 0 Å². The van der Waals surface area contributed by atoms with E-state index in [1.807, 2.05) is 48.9 Å². The lowest BCUT2D eigenvalue weighted by atomic mass is 10.2. The Labute approximate surface area is 146 Å². The molecule has 0 aliphatic carbocycles. The van der Waals surface area contributed by atoms with Crippen molar-refractivity contribution in [1.29, 1.82) is 0 Å². The first-order chi connectivity index (χ1) is 12.1. The highest BCUT2D eigenvalue weighted by Gasteiger charge is 2.24. The second-order valence-electron chi connectivity index (χ2n) is 5.45. The van der Waals surface area contributed by atoms with Gasteiger partial charge in [-0.25, -0.2) is 9.48 Å². The van der Waals surface area contributed by atoms with Crippen molar-refractivity contribution >= 4 is 23.8 Å². The van der Waals surface area contributed by atoms with Gasteiger partial charge < -0.3 is 15.4 Å². The topological polar surface area (TPSA) is 80.5 Å². The van der Waals surface area contributed by atoms with Crippen LogP contribution in [0.5, 0.6) is 0 Å². The van der Waals surface area contributed by atoms with Crippen LogP contribution < -0.4 is 10.6 Å². The van der Waals surface area contributed by atoms with E-state index in [9.17, 15) is 4.79 Å². The van der Waals surface area contributed by atoms with Crippen molar-refractivity contribution < 1.29 is 9.53 Å². The summed E-state index contributed by atoms with van der Waals surface area (Å²) in [4.78, 5) is 16.6. The van der Waals surface area contributed by atoms with Crippen molar-refractivity contribution in [1.82, 2.24) is 15.1 Å². The van der Waals surface area contributed by atoms with Gasteiger partial charge in [-0.15, -0.1) is 0 Å². The lowest BCUT2D eigenvalue weighted by Gasteiger charge is -2.13. The largest absolute Gasteiger partial charge is 0.461 e. The average molecular weight is 339 g/mol. The van der Waals surface area contributed by atoms with Crippen molar-refractivity contribution in [2.45, 2.75) is 20.8 Å². The lowest BCUT2D eigenvalue weighted by molar-refractivity contribution is -0.138. The highest BCUT2D eigenvalue weighted by molar-refractivity contribution is 6.06. The van der Waals surface area contributed by atoms with Gasteiger partial charge in [0.05, 0.1) is 18.0 Å². The van der Waals surface area contributed by atoms with Crippen LogP contribution in [0.2, 0.25) is 0 Å². The van der Waals surface area contributed by atoms with E-state index in [1.54, 1.807) is 13.0 Å². The number of guanidine groups is 1. The summed E-state index contributed by atoms with van der Waals surface area (Å²) in [5, 5.41) is 10.9. The van der Waals surface area contributed by atoms with Gasteiger partial charge in [0.1, 0.15) is 11.5 Å². The minimum Gasteiger partial charge on any atom is -0.461 e. The Morgan fingerprint density at radius 1 is 1.24 bits per heavy atom. The molecule has 3 rings (SSSR count). The molecule has 0 amide bonds. The number of carbonyl (C=O) groups is 1. The van der Waals surface area contributed by atoms with Crippen LogP contribution in [0.1, 0.15) is 25.1 Å². The number of hydrogen-bond donors (Lipinski definition) is 2. The zero-order valence-electron chi connectivity index (χ0n) is 14.5. The van der Waals surface area contributed by atoms with Gasteiger partial charge in [0.25, 0.3) is 0 Å². The van der Waals surface area contributed by atoms with Crippen LogP contribution in [0.3, 0.4) is 0 Å². The van der Waals surface area contributed by atoms with E-state index in [4.69, 9.17) is 4.74 Å². The summed E-state index contributed by atoms with van der Waals surface area (Å²) in [5.74, 6) is 0.813. The molecule has 0 spiro atoms. The van der Waals surface area contributed by atoms with Crippen LogP contribution in [-0.4, -0.2) is 34.9 Å². The monoisotopic (exact) mass is 339 g/mol. The molecule has 0 saturated carbocycles. The average Bonchev–Trinajstić information content (AvgIpc) is 2.80. The van der Waals surface area contributed by atoms with Gasteiger partial charge in [0.2, 0.25) is 5.96 Å². The number of hydrogen-bond acceptors (Lipinski definition) is 4. The number of nitrogens with zero attached hydrogens (tertiary/aromatic N) is 3. The summed E-state index contributed by atoms with van der Waals surface area (Å²) in [6.45, 7) is 6.48. The summed E-state index contributed by atoms with van der Waals surface area (Å²) >= 11 is 0. The lowest BCUT2D eigenvalue weighted by Crippen LogP contribution is -2.33. The molecule has 2 aromatic rings. The first kappa shape index (κ1) is 16.8. The smallest absolute Gasteiger partial charge is 0.354 e. The van der Waals surface area contributed by atoms with Crippen molar-refractivity contribution in [3.05, 3.63) is 47.3 Å². The molecule has 1 aromatic carbocycles. The molecule has 0 fully saturated rings. The van der Waals surface area contributed by atoms with Crippen molar-refractivity contribution in [3.63, 3.8) is 0 Å². The Morgan fingerprint density at radius 3 is 2.68 bits per heavy atom. The standard InChI is InChI=1S/C18H21N5O2/c1-4-19-18-20-15(17(24)25-5-2)11-14-12(3)22-23(16(14)21-18)13-9-7-6-8-10-13/h6-11H,4-5H2,1-3H3,(H2,19,20,21). The molecule has 130 valence electrons. The number of carbonyl (C=O) groups excluding carboxylic acids is 1. The van der Waals surface area contributed by atoms with E-state index in [0.717, 1.165) is 22.8 Å². The number of aryl methyl sites for hydroxylation is 1. The number of aromatic nitrogens is 2. The number of anilines is 1. The zero-order chi connectivity index (χ0) is 17.8. The number of ether oxygens (including phenoxy) is 1. The molecule has 2 heterocycles. The van der Waals surface area contributed by atoms with Gasteiger partial charge in [-0.3, -0.25) is 4.99 Å². The summed E-state index contributed by atoms with van der Waals surface area (Å²) in [7, 11) is 0. The fourth-order valence-electron chi connectivity index (χ4n) is 2.60. The number of para-hydroxylation sites is 1. The molecule has 7 heteroatoms. The van der Waals surface area contributed by atoms with Crippen LogP contribution in [-0.2, 0) is 9.53 Å². The molecule has 0 bridgehead atoms. The molecule has 25 heavy (non-hydrogen) atoms. The van der Waals surface area contributed by atoms with Gasteiger partial charge in [-0.1, -0.05) is 18.2 Å². The maximum Gasteiger partial charge on any atom is 0.354 e. The van der Waals surface area contributed by atoms with Crippen molar-refractivity contribution in [2.75, 3.05) is 18.5 Å². The zero-order valence-corrected chi connectivity index (χ0v) is 14.5. The molecule has 2 N–H and O–H groups in total.